The predicted octanol–water partition coefficient (Wildman–Crippen LogP) is 5.24. The number of aromatic nitrogens is 1. The number of rotatable bonds is 5. The average molecular weight is 796 g/mol. The van der Waals surface area contributed by atoms with Crippen LogP contribution in [0.15, 0.2) is 30.4 Å². The van der Waals surface area contributed by atoms with E-state index in [-0.39, 0.29) is 19.4 Å². The highest BCUT2D eigenvalue weighted by Crippen LogP contribution is 2.49. The predicted molar refractivity (Wildman–Crippen MR) is 205 cm³/mol. The van der Waals surface area contributed by atoms with E-state index in [1.165, 1.54) is 9.80 Å². The van der Waals surface area contributed by atoms with Crippen LogP contribution in [0.5, 0.6) is 5.75 Å². The standard InChI is InChI=1S/C40H50ClN5O8S/c1-24-32-27(28-20-26(41)12-13-29(28)42-24)14-15-39(53-32)22-31-33(47)43-40(35(49)44-55(51,52)38(3)18-19-38)21-25(40)10-8-6-5-7-9-11-30(34(48)46(31)23-39)45(4)36(50)54-37(2)16-17-37/h8,10,12-13,20,25,30-31H,5-7,9,11,14-19,21-23H2,1-4H3,(H,43,47)(H,44,49)/b10-8-/t25-,30+,31+,39-,40-/m1/s1. The molecule has 3 aliphatic heterocycles. The van der Waals surface area contributed by atoms with Crippen molar-refractivity contribution in [2.75, 3.05) is 13.6 Å². The van der Waals surface area contributed by atoms with Gasteiger partial charge < -0.3 is 19.7 Å². The Morgan fingerprint density at radius 3 is 2.58 bits per heavy atom. The Balaban J connectivity index is 1.15. The number of fused-ring (bicyclic) bond motifs is 5. The Hall–Kier alpha value is -3.91. The van der Waals surface area contributed by atoms with E-state index in [4.69, 9.17) is 26.1 Å². The van der Waals surface area contributed by atoms with Crippen molar-refractivity contribution < 1.29 is 37.1 Å². The third-order valence-corrected chi connectivity index (χ3v) is 15.3. The zero-order valence-corrected chi connectivity index (χ0v) is 33.5. The van der Waals surface area contributed by atoms with E-state index in [0.29, 0.717) is 61.4 Å². The number of pyridine rings is 1. The number of amides is 4. The van der Waals surface area contributed by atoms with Gasteiger partial charge in [0.2, 0.25) is 21.8 Å². The first-order valence-electron chi connectivity index (χ1n) is 19.6. The number of benzene rings is 1. The molecule has 296 valence electrons. The van der Waals surface area contributed by atoms with Gasteiger partial charge >= 0.3 is 6.09 Å². The fourth-order valence-electron chi connectivity index (χ4n) is 8.56. The van der Waals surface area contributed by atoms with E-state index in [9.17, 15) is 27.6 Å². The van der Waals surface area contributed by atoms with Crippen molar-refractivity contribution in [3.63, 3.8) is 0 Å². The van der Waals surface area contributed by atoms with Crippen LogP contribution in [0.3, 0.4) is 0 Å². The first-order chi connectivity index (χ1) is 26.0. The molecule has 13 nitrogen and oxygen atoms in total. The molecule has 5 atom stereocenters. The highest BCUT2D eigenvalue weighted by molar-refractivity contribution is 7.91. The summed E-state index contributed by atoms with van der Waals surface area (Å²) in [4.78, 5) is 64.8. The van der Waals surface area contributed by atoms with Gasteiger partial charge in [0.15, 0.2) is 0 Å². The number of nitrogens with one attached hydrogen (secondary N) is 2. The maximum Gasteiger partial charge on any atom is 0.410 e. The van der Waals surface area contributed by atoms with E-state index in [1.807, 2.05) is 38.1 Å². The lowest BCUT2D eigenvalue weighted by Gasteiger charge is -2.37. The number of hydrogen-bond donors (Lipinski definition) is 2. The highest BCUT2D eigenvalue weighted by atomic mass is 35.5. The molecule has 4 amide bonds. The van der Waals surface area contributed by atoms with Gasteiger partial charge in [0.25, 0.3) is 5.91 Å². The molecule has 0 radical (unpaired) electrons. The monoisotopic (exact) mass is 795 g/mol. The number of aryl methyl sites for hydroxylation is 2. The van der Waals surface area contributed by atoms with Crippen LogP contribution in [0.25, 0.3) is 10.9 Å². The van der Waals surface area contributed by atoms with Crippen molar-refractivity contribution in [2.45, 2.75) is 138 Å². The molecule has 4 fully saturated rings. The van der Waals surface area contributed by atoms with Gasteiger partial charge in [-0.05, 0) is 103 Å². The van der Waals surface area contributed by atoms with Gasteiger partial charge in [-0.3, -0.25) is 24.0 Å². The van der Waals surface area contributed by atoms with Crippen LogP contribution < -0.4 is 14.8 Å². The lowest BCUT2D eigenvalue weighted by Crippen LogP contribution is -2.58. The van der Waals surface area contributed by atoms with Crippen LogP contribution in [0.2, 0.25) is 5.02 Å². The number of halogens is 1. The number of carbonyl (C=O) groups is 4. The quantitative estimate of drug-likeness (QED) is 0.385. The van der Waals surface area contributed by atoms with Gasteiger partial charge in [0, 0.05) is 35.4 Å². The van der Waals surface area contributed by atoms with E-state index in [2.05, 4.69) is 10.0 Å². The molecule has 3 saturated carbocycles. The fourth-order valence-corrected chi connectivity index (χ4v) is 10.0. The molecule has 4 heterocycles. The van der Waals surface area contributed by atoms with Crippen molar-refractivity contribution in [3.05, 3.63) is 46.6 Å². The summed E-state index contributed by atoms with van der Waals surface area (Å²) in [5.41, 5.74) is -0.618. The molecule has 1 spiro atoms. The number of likely N-dealkylation sites (N-methyl/N-ethyl adjacent to an activating group) is 1. The second kappa shape index (κ2) is 13.3. The Morgan fingerprint density at radius 1 is 1.09 bits per heavy atom. The van der Waals surface area contributed by atoms with Crippen LogP contribution >= 0.6 is 11.6 Å². The van der Waals surface area contributed by atoms with Crippen molar-refractivity contribution >= 4 is 56.3 Å². The molecule has 1 aromatic heterocycles. The maximum atomic E-state index is 14.9. The molecule has 8 rings (SSSR count). The summed E-state index contributed by atoms with van der Waals surface area (Å²) in [6.07, 6.45) is 10.4. The van der Waals surface area contributed by atoms with Crippen molar-refractivity contribution in [3.8, 4) is 5.75 Å². The van der Waals surface area contributed by atoms with Crippen LogP contribution in [0.1, 0.15) is 102 Å². The summed E-state index contributed by atoms with van der Waals surface area (Å²) in [6.45, 7) is 5.40. The van der Waals surface area contributed by atoms with Gasteiger partial charge in [-0.25, -0.2) is 18.2 Å². The third kappa shape index (κ3) is 6.95. The minimum Gasteiger partial charge on any atom is -0.483 e. The minimum atomic E-state index is -3.99. The third-order valence-electron chi connectivity index (χ3n) is 13.0. The number of nitrogens with zero attached hydrogens (tertiary/aromatic N) is 3. The zero-order chi connectivity index (χ0) is 39.1. The van der Waals surface area contributed by atoms with Gasteiger partial charge in [-0.15, -0.1) is 0 Å². The lowest BCUT2D eigenvalue weighted by atomic mass is 9.87. The van der Waals surface area contributed by atoms with Gasteiger partial charge in [-0.1, -0.05) is 36.6 Å². The summed E-state index contributed by atoms with van der Waals surface area (Å²) >= 11 is 6.40. The summed E-state index contributed by atoms with van der Waals surface area (Å²) in [5, 5.41) is 4.42. The van der Waals surface area contributed by atoms with Crippen molar-refractivity contribution in [2.24, 2.45) is 5.92 Å². The molecular weight excluding hydrogens is 746 g/mol. The lowest BCUT2D eigenvalue weighted by molar-refractivity contribution is -0.143. The number of ether oxygens (including phenoxy) is 2. The number of sulfonamides is 1. The van der Waals surface area contributed by atoms with E-state index in [0.717, 1.165) is 42.1 Å². The maximum absolute atomic E-state index is 14.9. The number of allylic oxidation sites excluding steroid dienone is 1. The summed E-state index contributed by atoms with van der Waals surface area (Å²) in [5.74, 6) is -1.59. The molecule has 6 aliphatic rings. The molecule has 2 N–H and O–H groups in total. The SMILES string of the molecule is Cc1nc2ccc(Cl)cc2c2c1O[C@]1(CC2)C[C@H]2C(=O)N[C@]3(C(=O)NS(=O)(=O)C4(C)CC4)C[C@H]3/C=C\CCCCC[C@H](N(C)C(=O)OC3(C)CC3)C(=O)N2C1. The summed E-state index contributed by atoms with van der Waals surface area (Å²) < 4.78 is 40.4. The average Bonchev–Trinajstić information content (AvgIpc) is 4.10. The molecule has 0 bridgehead atoms. The zero-order valence-electron chi connectivity index (χ0n) is 31.9. The van der Waals surface area contributed by atoms with E-state index >= 15 is 0 Å². The topological polar surface area (TPSA) is 164 Å². The normalized spacial score (nSPS) is 31.4. The second-order valence-corrected chi connectivity index (χ2v) is 19.9. The van der Waals surface area contributed by atoms with Gasteiger partial charge in [-0.2, -0.15) is 0 Å². The van der Waals surface area contributed by atoms with Gasteiger partial charge in [0.1, 0.15) is 34.6 Å². The molecule has 1 saturated heterocycles. The Kier molecular flexibility index (Phi) is 9.22. The first kappa shape index (κ1) is 38.0. The van der Waals surface area contributed by atoms with Crippen LogP contribution in [-0.4, -0.2) is 94.2 Å². The Labute approximate surface area is 326 Å². The van der Waals surface area contributed by atoms with Crippen molar-refractivity contribution in [1.29, 1.82) is 0 Å². The van der Waals surface area contributed by atoms with E-state index < -0.39 is 73.3 Å². The second-order valence-electron chi connectivity index (χ2n) is 17.3. The van der Waals surface area contributed by atoms with Crippen LogP contribution in [-0.2, 0) is 35.6 Å². The Morgan fingerprint density at radius 2 is 1.85 bits per heavy atom. The minimum absolute atomic E-state index is 0.0583. The van der Waals surface area contributed by atoms with Crippen LogP contribution in [0, 0.1) is 12.8 Å². The largest absolute Gasteiger partial charge is 0.483 e. The molecule has 55 heavy (non-hydrogen) atoms. The smallest absolute Gasteiger partial charge is 0.410 e. The van der Waals surface area contributed by atoms with Gasteiger partial charge in [0.05, 0.1) is 22.5 Å². The molecule has 1 aromatic carbocycles. The van der Waals surface area contributed by atoms with Crippen molar-refractivity contribution in [1.82, 2.24) is 24.8 Å². The molecule has 2 aromatic rings. The molecule has 3 aliphatic carbocycles. The fraction of sp³-hybridized carbons (Fsp3) is 0.625. The van der Waals surface area contributed by atoms with Crippen LogP contribution in [0.4, 0.5) is 4.79 Å². The molecular formula is C40H50ClN5O8S. The number of hydrogen-bond acceptors (Lipinski definition) is 9. The van der Waals surface area contributed by atoms with E-state index in [1.54, 1.807) is 20.0 Å². The first-order valence-corrected chi connectivity index (χ1v) is 21.4. The molecule has 15 heteroatoms. The highest BCUT2D eigenvalue weighted by Gasteiger charge is 2.64. The Bertz CT molecular complexity index is 2120. The summed E-state index contributed by atoms with van der Waals surface area (Å²) in [7, 11) is -2.41. The number of carbonyl (C=O) groups excluding carboxylic acids is 4. The molecule has 0 unspecified atom stereocenters. The summed E-state index contributed by atoms with van der Waals surface area (Å²) in [6, 6.07) is 3.54.